The topological polar surface area (TPSA) is 101 Å². The summed E-state index contributed by atoms with van der Waals surface area (Å²) < 4.78 is 14.4. The molecule has 12 nitrogen and oxygen atoms in total. The number of aromatic nitrogens is 6. The lowest BCUT2D eigenvalue weighted by Crippen LogP contribution is -2.71. The van der Waals surface area contributed by atoms with Crippen molar-refractivity contribution in [3.8, 4) is 45.4 Å². The molecule has 0 N–H and O–H groups in total. The number of amidine groups is 4. The highest BCUT2D eigenvalue weighted by Crippen LogP contribution is 2.60. The van der Waals surface area contributed by atoms with Crippen LogP contribution in [0, 0.1) is 22.6 Å². The molecule has 0 fully saturated rings. The predicted molar refractivity (Wildman–Crippen MR) is 369 cm³/mol. The first-order valence-corrected chi connectivity index (χ1v) is 36.4. The number of aryl methyl sites for hydroxylation is 2. The Balaban J connectivity index is 0.913. The first-order chi connectivity index (χ1) is 43.0. The molecule has 444 valence electrons. The van der Waals surface area contributed by atoms with Gasteiger partial charge in [-0.1, -0.05) is 177 Å². The maximum Gasteiger partial charge on any atom is 0.404 e. The summed E-state index contributed by atoms with van der Waals surface area (Å²) in [5, 5.41) is 9.42. The Hall–Kier alpha value is -8.69. The van der Waals surface area contributed by atoms with Crippen molar-refractivity contribution in [1.29, 1.82) is 0 Å². The average molecular weight is 1210 g/mol. The van der Waals surface area contributed by atoms with Gasteiger partial charge in [-0.15, -0.1) is 14.7 Å². The summed E-state index contributed by atoms with van der Waals surface area (Å²) in [6.45, 7) is 34.4. The number of nitrogens with zero attached hydrogens (tertiary/aromatic N) is 12. The number of aliphatic imine (C=N–C) groups is 2. The van der Waals surface area contributed by atoms with E-state index in [0.29, 0.717) is 32.4 Å². The number of hydrogen-bond acceptors (Lipinski definition) is 6. The van der Waals surface area contributed by atoms with E-state index in [2.05, 4.69) is 268 Å². The van der Waals surface area contributed by atoms with Gasteiger partial charge in [-0.3, -0.25) is 0 Å². The average Bonchev–Trinajstić information content (AvgIpc) is 1.50. The zero-order valence-corrected chi connectivity index (χ0v) is 55.4. The van der Waals surface area contributed by atoms with E-state index >= 15 is 0 Å². The van der Waals surface area contributed by atoms with Crippen LogP contribution in [0.4, 0.5) is 11.6 Å². The number of fused-ring (bicyclic) bond motifs is 14. The second-order valence-corrected chi connectivity index (χ2v) is 37.1. The Morgan fingerprint density at radius 2 is 0.899 bits per heavy atom. The molecule has 1 atom stereocenters. The number of rotatable bonds is 12. The molecule has 0 radical (unpaired) electrons. The van der Waals surface area contributed by atoms with Crippen molar-refractivity contribution >= 4 is 96.7 Å². The second-order valence-electron chi connectivity index (χ2n) is 27.0. The van der Waals surface area contributed by atoms with Crippen LogP contribution in [0.15, 0.2) is 141 Å². The first-order valence-electron chi connectivity index (χ1n) is 32.4. The third-order valence-electron chi connectivity index (χ3n) is 20.5. The first kappa shape index (κ1) is 55.6. The predicted octanol–water partition coefficient (Wildman–Crippen LogP) is 15.5. The summed E-state index contributed by atoms with van der Waals surface area (Å²) >= 11 is 0. The number of hydrogen-bond donors (Lipinski definition) is 0. The Bertz CT molecular complexity index is 5160. The SMILES string of the molecule is CCCn1c(-c2ccc(C#CS(C(C)C)(C(C)C)C(C)C)cc2)nc2cc3c4n5c(c3cc21)N=C1c2ccccc2C2=[N+]1C51n3c(c5cc6nc(-c7ccc(C#C[Si](C(C)C)(C(C)C)C(C)C)cc7)n(CCC)c6cc5c3=N2)=NC2=[N+]1C(=N4)c1ccccc12. The van der Waals surface area contributed by atoms with Crippen LogP contribution in [0.25, 0.3) is 66.4 Å². The molecule has 0 saturated heterocycles. The molecule has 6 aliphatic rings. The van der Waals surface area contributed by atoms with Crippen LogP contribution < -0.4 is 11.0 Å². The minimum absolute atomic E-state index is 0.512. The van der Waals surface area contributed by atoms with Crippen molar-refractivity contribution in [2.75, 3.05) is 0 Å². The maximum atomic E-state index is 5.84. The van der Waals surface area contributed by atoms with Crippen LogP contribution >= 0.6 is 10.0 Å². The molecule has 10 aromatic rings. The Kier molecular flexibility index (Phi) is 12.3. The molecule has 0 bridgehead atoms. The Morgan fingerprint density at radius 3 is 1.35 bits per heavy atom. The zero-order valence-electron chi connectivity index (χ0n) is 53.6. The van der Waals surface area contributed by atoms with E-state index in [1.807, 2.05) is 0 Å². The van der Waals surface area contributed by atoms with E-state index in [9.17, 15) is 0 Å². The fourth-order valence-corrected chi connectivity index (χ4v) is 26.2. The molecule has 16 rings (SSSR count). The molecule has 4 aromatic heterocycles. The van der Waals surface area contributed by atoms with Gasteiger partial charge in [0, 0.05) is 35.3 Å². The monoisotopic (exact) mass is 1200 g/mol. The summed E-state index contributed by atoms with van der Waals surface area (Å²) in [7, 11) is -3.08. The molecule has 89 heavy (non-hydrogen) atoms. The summed E-state index contributed by atoms with van der Waals surface area (Å²) in [6.07, 6.45) is 1.88. The van der Waals surface area contributed by atoms with Gasteiger partial charge in [0.1, 0.15) is 19.7 Å². The fourth-order valence-electron chi connectivity index (χ4n) is 16.7. The molecular weight excluding hydrogens is 1130 g/mol. The minimum atomic E-state index is -1.91. The van der Waals surface area contributed by atoms with Crippen molar-refractivity contribution in [2.45, 2.75) is 161 Å². The van der Waals surface area contributed by atoms with E-state index in [-0.39, 0.29) is 0 Å². The van der Waals surface area contributed by atoms with Crippen molar-refractivity contribution in [2.24, 2.45) is 20.0 Å². The highest BCUT2D eigenvalue weighted by Gasteiger charge is 2.69. The van der Waals surface area contributed by atoms with Gasteiger partial charge in [0.25, 0.3) is 23.3 Å². The van der Waals surface area contributed by atoms with Gasteiger partial charge in [-0.2, -0.15) is 19.2 Å². The smallest absolute Gasteiger partial charge is 0.324 e. The summed E-state index contributed by atoms with van der Waals surface area (Å²) in [5.74, 6) is 13.1. The summed E-state index contributed by atoms with van der Waals surface area (Å²) in [6, 6.07) is 44.1. The molecule has 6 aliphatic heterocycles. The minimum Gasteiger partial charge on any atom is -0.324 e. The highest BCUT2D eigenvalue weighted by molar-refractivity contribution is 8.38. The fraction of sp³-hybridized carbons (Fsp3) is 0.333. The van der Waals surface area contributed by atoms with Gasteiger partial charge >= 0.3 is 5.91 Å². The third-order valence-corrected chi connectivity index (χ3v) is 31.9. The van der Waals surface area contributed by atoms with E-state index in [0.717, 1.165) is 172 Å². The van der Waals surface area contributed by atoms with Gasteiger partial charge < -0.3 is 9.13 Å². The lowest BCUT2D eigenvalue weighted by molar-refractivity contribution is -0.790. The second kappa shape index (κ2) is 19.7. The van der Waals surface area contributed by atoms with Crippen molar-refractivity contribution in [1.82, 2.24) is 28.2 Å². The lowest BCUT2D eigenvalue weighted by atomic mass is 10.1. The maximum absolute atomic E-state index is 5.84. The third kappa shape index (κ3) is 7.27. The van der Waals surface area contributed by atoms with Crippen molar-refractivity contribution < 1.29 is 9.15 Å². The largest absolute Gasteiger partial charge is 0.404 e. The van der Waals surface area contributed by atoms with Crippen molar-refractivity contribution in [3.05, 3.63) is 166 Å². The summed E-state index contributed by atoms with van der Waals surface area (Å²) in [5.41, 5.74) is 19.6. The molecule has 0 saturated carbocycles. The zero-order chi connectivity index (χ0) is 61.5. The van der Waals surface area contributed by atoms with Gasteiger partial charge in [0.2, 0.25) is 22.6 Å². The molecule has 0 amide bonds. The van der Waals surface area contributed by atoms with E-state index in [1.54, 1.807) is 0 Å². The van der Waals surface area contributed by atoms with Gasteiger partial charge in [0.15, 0.2) is 0 Å². The van der Waals surface area contributed by atoms with Crippen LogP contribution in [-0.2, 0) is 19.0 Å². The quantitative estimate of drug-likeness (QED) is 0.0691. The van der Waals surface area contributed by atoms with E-state index < -0.39 is 24.0 Å². The van der Waals surface area contributed by atoms with E-state index in [1.165, 1.54) is 0 Å². The van der Waals surface area contributed by atoms with Crippen LogP contribution in [0.2, 0.25) is 16.6 Å². The van der Waals surface area contributed by atoms with Gasteiger partial charge in [-0.05, 0) is 123 Å². The molecule has 0 aliphatic carbocycles. The van der Waals surface area contributed by atoms with Gasteiger partial charge in [-0.25, -0.2) is 9.97 Å². The summed E-state index contributed by atoms with van der Waals surface area (Å²) in [4.78, 5) is 34.4. The number of benzene rings is 6. The van der Waals surface area contributed by atoms with Crippen LogP contribution in [-0.4, -0.2) is 84.6 Å². The molecule has 10 heterocycles. The normalized spacial score (nSPS) is 16.8. The molecular formula is C75H76N12SSi+2. The standard InChI is InChI=1S/C75H76N12SSi/c1-15-35-82-63-41-59-57(39-61(63)76-65(82)51-29-25-49(26-30-51)33-37-88(43(3)4,44(5)6)45(7)8)71-78-67-53-21-17-18-22-54(53)68-79-72-58-40-62-64(83(36-16-2)66(77-62)52-31-27-50(28-32-52)34-38-89(46(9)10,47(11)12)48(13)14)42-60(58)74-81-70-56-24-20-19-23-55(56)69-80-73(59)86(71)75(84(67)68,85(69)70)87(72)74/h17-32,39-48H,15-16,35-36H2,1-14H3/q+2. The number of imidazole rings is 2. The van der Waals surface area contributed by atoms with Gasteiger partial charge in [0.05, 0.1) is 65.9 Å². The molecule has 1 spiro atoms. The van der Waals surface area contributed by atoms with Crippen molar-refractivity contribution in [3.63, 3.8) is 0 Å². The Morgan fingerprint density at radius 1 is 0.483 bits per heavy atom. The lowest BCUT2D eigenvalue weighted by Gasteiger charge is -2.46. The molecule has 6 aromatic carbocycles. The van der Waals surface area contributed by atoms with Crippen LogP contribution in [0.3, 0.4) is 0 Å². The Labute approximate surface area is 523 Å². The van der Waals surface area contributed by atoms with E-state index in [4.69, 9.17) is 29.9 Å². The van der Waals surface area contributed by atoms with Crippen LogP contribution in [0.1, 0.15) is 143 Å². The van der Waals surface area contributed by atoms with Crippen LogP contribution in [0.5, 0.6) is 0 Å². The molecule has 14 heteroatoms. The highest BCUT2D eigenvalue weighted by atomic mass is 32.3. The molecule has 1 unspecified atom stereocenters.